The lowest BCUT2D eigenvalue weighted by Gasteiger charge is -1.99. The van der Waals surface area contributed by atoms with Crippen LogP contribution in [0.2, 0.25) is 0 Å². The maximum atomic E-state index is 3.56. The molecule has 2 nitrogen and oxygen atoms in total. The van der Waals surface area contributed by atoms with Crippen LogP contribution in [0, 0.1) is 3.57 Å². The van der Waals surface area contributed by atoms with Crippen LogP contribution in [0.5, 0.6) is 0 Å². The molecule has 3 heteroatoms. The van der Waals surface area contributed by atoms with Crippen molar-refractivity contribution < 1.29 is 0 Å². The molecule has 0 fully saturated rings. The minimum atomic E-state index is 0.750. The van der Waals surface area contributed by atoms with Gasteiger partial charge in [-0.05, 0) is 40.3 Å². The van der Waals surface area contributed by atoms with Crippen molar-refractivity contribution in [1.29, 1.82) is 0 Å². The minimum absolute atomic E-state index is 0.750. The van der Waals surface area contributed by atoms with Gasteiger partial charge in [0.2, 0.25) is 0 Å². The van der Waals surface area contributed by atoms with E-state index in [4.69, 9.17) is 0 Å². The van der Waals surface area contributed by atoms with Gasteiger partial charge < -0.3 is 5.43 Å². The quantitative estimate of drug-likeness (QED) is 0.501. The van der Waals surface area contributed by atoms with E-state index >= 15 is 0 Å². The molecule has 0 radical (unpaired) electrons. The molecule has 1 rings (SSSR count). The molecule has 1 N–H and O–H groups in total. The van der Waals surface area contributed by atoms with E-state index in [0.29, 0.717) is 0 Å². The Morgan fingerprint density at radius 2 is 2.36 bits per heavy atom. The second-order valence-corrected chi connectivity index (χ2v) is 3.37. The van der Waals surface area contributed by atoms with E-state index in [1.54, 1.807) is 0 Å². The zero-order chi connectivity index (χ0) is 8.10. The van der Waals surface area contributed by atoms with E-state index in [1.807, 2.05) is 6.07 Å². The highest BCUT2D eigenvalue weighted by atomic mass is 127. The number of hydrogen-bond donors (Lipinski definition) is 1. The topological polar surface area (TPSA) is 24.4 Å². The lowest BCUT2D eigenvalue weighted by atomic mass is 10.2. The predicted octanol–water partition coefficient (Wildman–Crippen LogP) is 2.00. The average molecular weight is 260 g/mol. The van der Waals surface area contributed by atoms with E-state index in [2.05, 4.69) is 58.0 Å². The van der Waals surface area contributed by atoms with Crippen LogP contribution in [0.25, 0.3) is 0 Å². The summed E-state index contributed by atoms with van der Waals surface area (Å²) in [5.41, 5.74) is 4.03. The average Bonchev–Trinajstić information content (AvgIpc) is 2.01. The van der Waals surface area contributed by atoms with Gasteiger partial charge in [-0.2, -0.15) is 5.10 Å². The first kappa shape index (κ1) is 8.52. The summed E-state index contributed by atoms with van der Waals surface area (Å²) in [5.74, 6) is 0. The van der Waals surface area contributed by atoms with Crippen molar-refractivity contribution in [2.24, 2.45) is 5.10 Å². The molecular formula is C8H9IN2. The van der Waals surface area contributed by atoms with E-state index in [-0.39, 0.29) is 0 Å². The van der Waals surface area contributed by atoms with Gasteiger partial charge in [0.15, 0.2) is 0 Å². The summed E-state index contributed by atoms with van der Waals surface area (Å²) in [5, 5.41) is 3.56. The third-order valence-corrected chi connectivity index (χ3v) is 1.96. The second kappa shape index (κ2) is 4.33. The summed E-state index contributed by atoms with van der Waals surface area (Å²) in [6.07, 6.45) is 0. The van der Waals surface area contributed by atoms with E-state index in [1.165, 1.54) is 9.13 Å². The maximum Gasteiger partial charge on any atom is 0.0580 e. The molecule has 0 spiro atoms. The molecule has 0 unspecified atom stereocenters. The third kappa shape index (κ3) is 2.88. The van der Waals surface area contributed by atoms with E-state index in [0.717, 1.165) is 6.54 Å². The van der Waals surface area contributed by atoms with Gasteiger partial charge in [-0.1, -0.05) is 12.1 Å². The van der Waals surface area contributed by atoms with Crippen LogP contribution in [-0.4, -0.2) is 6.72 Å². The standard InChI is InChI=1S/C8H9IN2/c1-10-11-6-7-3-2-4-8(9)5-7/h2-5,11H,1,6H2. The number of benzene rings is 1. The number of hydrazone groups is 1. The molecule has 0 heterocycles. The Labute approximate surface area is 79.8 Å². The molecule has 0 bridgehead atoms. The van der Waals surface area contributed by atoms with Crippen LogP contribution >= 0.6 is 22.6 Å². The zero-order valence-corrected chi connectivity index (χ0v) is 8.21. The van der Waals surface area contributed by atoms with Crippen molar-refractivity contribution in [3.8, 4) is 0 Å². The molecule has 0 saturated heterocycles. The normalized spacial score (nSPS) is 9.18. The van der Waals surface area contributed by atoms with Gasteiger partial charge in [-0.25, -0.2) is 0 Å². The smallest absolute Gasteiger partial charge is 0.0580 e. The first-order valence-electron chi connectivity index (χ1n) is 3.26. The fourth-order valence-corrected chi connectivity index (χ4v) is 1.40. The van der Waals surface area contributed by atoms with Gasteiger partial charge in [0, 0.05) is 10.3 Å². The molecule has 1 aromatic carbocycles. The van der Waals surface area contributed by atoms with Crippen molar-refractivity contribution in [2.75, 3.05) is 0 Å². The fraction of sp³-hybridized carbons (Fsp3) is 0.125. The first-order valence-corrected chi connectivity index (χ1v) is 4.34. The van der Waals surface area contributed by atoms with Gasteiger partial charge in [0.05, 0.1) is 6.54 Å². The van der Waals surface area contributed by atoms with Gasteiger partial charge in [-0.3, -0.25) is 0 Å². The lowest BCUT2D eigenvalue weighted by molar-refractivity contribution is 0.750. The van der Waals surface area contributed by atoms with Crippen LogP contribution in [-0.2, 0) is 6.54 Å². The second-order valence-electron chi connectivity index (χ2n) is 2.12. The van der Waals surface area contributed by atoms with Gasteiger partial charge >= 0.3 is 0 Å². The van der Waals surface area contributed by atoms with Crippen LogP contribution in [0.15, 0.2) is 29.4 Å². The monoisotopic (exact) mass is 260 g/mol. The number of nitrogens with one attached hydrogen (secondary N) is 1. The SMILES string of the molecule is C=NNCc1cccc(I)c1. The number of nitrogens with zero attached hydrogens (tertiary/aromatic N) is 1. The van der Waals surface area contributed by atoms with Crippen LogP contribution in [0.4, 0.5) is 0 Å². The molecule has 1 aromatic rings. The number of rotatable bonds is 3. The Morgan fingerprint density at radius 1 is 1.55 bits per heavy atom. The largest absolute Gasteiger partial charge is 0.306 e. The molecule has 11 heavy (non-hydrogen) atoms. The Bertz CT molecular complexity index is 248. The summed E-state index contributed by atoms with van der Waals surface area (Å²) >= 11 is 2.28. The fourth-order valence-electron chi connectivity index (χ4n) is 0.794. The van der Waals surface area contributed by atoms with E-state index < -0.39 is 0 Å². The van der Waals surface area contributed by atoms with Gasteiger partial charge in [0.25, 0.3) is 0 Å². The predicted molar refractivity (Wildman–Crippen MR) is 55.5 cm³/mol. The molecule has 0 aliphatic heterocycles. The molecule has 58 valence electrons. The minimum Gasteiger partial charge on any atom is -0.306 e. The molecular weight excluding hydrogens is 251 g/mol. The molecule has 0 aliphatic rings. The molecule has 0 amide bonds. The van der Waals surface area contributed by atoms with Crippen molar-refractivity contribution in [3.05, 3.63) is 33.4 Å². The zero-order valence-electron chi connectivity index (χ0n) is 6.05. The van der Waals surface area contributed by atoms with Crippen molar-refractivity contribution in [3.63, 3.8) is 0 Å². The molecule has 0 aliphatic carbocycles. The van der Waals surface area contributed by atoms with Crippen molar-refractivity contribution in [1.82, 2.24) is 5.43 Å². The Hall–Kier alpha value is -0.580. The molecule has 0 atom stereocenters. The number of halogens is 1. The number of hydrogen-bond acceptors (Lipinski definition) is 2. The third-order valence-electron chi connectivity index (χ3n) is 1.28. The van der Waals surface area contributed by atoms with Crippen LogP contribution in [0.1, 0.15) is 5.56 Å². The Balaban J connectivity index is 2.63. The summed E-state index contributed by atoms with van der Waals surface area (Å²) in [6.45, 7) is 4.09. The van der Waals surface area contributed by atoms with Crippen molar-refractivity contribution >= 4 is 29.3 Å². The summed E-state index contributed by atoms with van der Waals surface area (Å²) in [4.78, 5) is 0. The summed E-state index contributed by atoms with van der Waals surface area (Å²) in [7, 11) is 0. The highest BCUT2D eigenvalue weighted by molar-refractivity contribution is 14.1. The Kier molecular flexibility index (Phi) is 3.35. The van der Waals surface area contributed by atoms with Gasteiger partial charge in [-0.15, -0.1) is 0 Å². The van der Waals surface area contributed by atoms with Gasteiger partial charge in [0.1, 0.15) is 0 Å². The van der Waals surface area contributed by atoms with Crippen LogP contribution in [0.3, 0.4) is 0 Å². The lowest BCUT2D eigenvalue weighted by Crippen LogP contribution is -2.03. The maximum absolute atomic E-state index is 3.56. The summed E-state index contributed by atoms with van der Waals surface area (Å²) in [6, 6.07) is 8.26. The summed E-state index contributed by atoms with van der Waals surface area (Å²) < 4.78 is 1.24. The van der Waals surface area contributed by atoms with E-state index in [9.17, 15) is 0 Å². The molecule has 0 saturated carbocycles. The molecule has 0 aromatic heterocycles. The van der Waals surface area contributed by atoms with Crippen LogP contribution < -0.4 is 5.43 Å². The first-order chi connectivity index (χ1) is 5.33. The Morgan fingerprint density at radius 3 is 3.00 bits per heavy atom. The van der Waals surface area contributed by atoms with Crippen molar-refractivity contribution in [2.45, 2.75) is 6.54 Å². The highest BCUT2D eigenvalue weighted by Crippen LogP contribution is 2.06. The highest BCUT2D eigenvalue weighted by Gasteiger charge is 1.90.